The third kappa shape index (κ3) is 4.74. The second-order valence-electron chi connectivity index (χ2n) is 7.25. The average Bonchev–Trinajstić information content (AvgIpc) is 3.00. The molecule has 32 heavy (non-hydrogen) atoms. The second-order valence-corrected chi connectivity index (χ2v) is 8.87. The van der Waals surface area contributed by atoms with Gasteiger partial charge in [0.1, 0.15) is 35.8 Å². The third-order valence-electron chi connectivity index (χ3n) is 5.00. The van der Waals surface area contributed by atoms with E-state index in [0.29, 0.717) is 6.07 Å². The predicted molar refractivity (Wildman–Crippen MR) is 103 cm³/mol. The molecular formula is C18H20F2N3O8P. The van der Waals surface area contributed by atoms with Crippen molar-refractivity contribution in [2.45, 2.75) is 37.1 Å². The predicted octanol–water partition coefficient (Wildman–Crippen LogP) is 1.03. The summed E-state index contributed by atoms with van der Waals surface area (Å²) in [6.07, 6.45) is -5.06. The third-order valence-corrected chi connectivity index (χ3v) is 6.48. The standard InChI is InChI=1S/C18H20F2N3O8P/c19-10-5-9(6-11(20)7-10)12-2-4-28-32(27,31-12)29-8-13-15(24)16(25)17(30-13)23-3-1-14(21)22-18(23)26/h1,3,5-7,12-13,15-17,24-25H,2,4,8H2,(H2,21,22,26)/t12-,13-,15-,16+,17-,32+/m1/s1. The van der Waals surface area contributed by atoms with Gasteiger partial charge in [0, 0.05) is 18.7 Å². The summed E-state index contributed by atoms with van der Waals surface area (Å²) in [5.41, 5.74) is 4.75. The Morgan fingerprint density at radius 2 is 1.97 bits per heavy atom. The SMILES string of the molecule is Nc1ccn([C@@H]2O[C@H](CO[P@]3(=O)OCC[C@H](c4cc(F)cc(F)c4)O3)[C@@H](O)[C@@H]2O)c(=O)n1. The van der Waals surface area contributed by atoms with Crippen molar-refractivity contribution in [3.8, 4) is 0 Å². The van der Waals surface area contributed by atoms with E-state index in [1.54, 1.807) is 0 Å². The highest BCUT2D eigenvalue weighted by Gasteiger charge is 2.46. The van der Waals surface area contributed by atoms with Crippen molar-refractivity contribution in [1.29, 1.82) is 0 Å². The van der Waals surface area contributed by atoms with Crippen molar-refractivity contribution in [1.82, 2.24) is 9.55 Å². The van der Waals surface area contributed by atoms with Crippen molar-refractivity contribution in [2.24, 2.45) is 0 Å². The van der Waals surface area contributed by atoms with Gasteiger partial charge in [-0.1, -0.05) is 0 Å². The molecule has 1 aromatic carbocycles. The van der Waals surface area contributed by atoms with E-state index in [9.17, 15) is 28.4 Å². The number of aromatic nitrogens is 2. The van der Waals surface area contributed by atoms with Gasteiger partial charge in [-0.2, -0.15) is 4.98 Å². The molecule has 174 valence electrons. The number of ether oxygens (including phenoxy) is 1. The zero-order chi connectivity index (χ0) is 23.0. The van der Waals surface area contributed by atoms with Crippen LogP contribution in [0.2, 0.25) is 0 Å². The number of aliphatic hydroxyl groups excluding tert-OH is 2. The average molecular weight is 475 g/mol. The fourth-order valence-corrected chi connectivity index (χ4v) is 4.84. The van der Waals surface area contributed by atoms with E-state index < -0.39 is 62.4 Å². The molecule has 3 heterocycles. The van der Waals surface area contributed by atoms with Gasteiger partial charge in [-0.15, -0.1) is 0 Å². The highest BCUT2D eigenvalue weighted by molar-refractivity contribution is 7.48. The van der Waals surface area contributed by atoms with Crippen LogP contribution in [-0.2, 0) is 22.9 Å². The van der Waals surface area contributed by atoms with Crippen LogP contribution >= 0.6 is 7.82 Å². The van der Waals surface area contributed by atoms with Crippen LogP contribution < -0.4 is 11.4 Å². The Morgan fingerprint density at radius 3 is 2.66 bits per heavy atom. The Kier molecular flexibility index (Phi) is 6.41. The smallest absolute Gasteiger partial charge is 0.387 e. The molecule has 14 heteroatoms. The maximum atomic E-state index is 13.5. The van der Waals surface area contributed by atoms with Crippen LogP contribution in [0.1, 0.15) is 24.3 Å². The number of halogens is 2. The number of nitrogens with zero attached hydrogens (tertiary/aromatic N) is 2. The molecule has 2 saturated heterocycles. The molecule has 4 rings (SSSR count). The maximum absolute atomic E-state index is 13.5. The molecular weight excluding hydrogens is 455 g/mol. The number of aliphatic hydroxyl groups is 2. The van der Waals surface area contributed by atoms with Crippen molar-refractivity contribution < 1.29 is 41.9 Å². The zero-order valence-corrected chi connectivity index (χ0v) is 17.3. The Balaban J connectivity index is 1.43. The molecule has 6 atom stereocenters. The fourth-order valence-electron chi connectivity index (χ4n) is 3.45. The minimum Gasteiger partial charge on any atom is -0.387 e. The fraction of sp³-hybridized carbons (Fsp3) is 0.444. The Bertz CT molecular complexity index is 1080. The van der Waals surface area contributed by atoms with E-state index in [1.807, 2.05) is 0 Å². The summed E-state index contributed by atoms with van der Waals surface area (Å²) < 4.78 is 61.9. The highest BCUT2D eigenvalue weighted by Crippen LogP contribution is 2.57. The second kappa shape index (κ2) is 8.94. The lowest BCUT2D eigenvalue weighted by atomic mass is 10.1. The van der Waals surface area contributed by atoms with Crippen molar-refractivity contribution in [3.05, 3.63) is 58.1 Å². The molecule has 0 bridgehead atoms. The van der Waals surface area contributed by atoms with Gasteiger partial charge < -0.3 is 20.7 Å². The van der Waals surface area contributed by atoms with E-state index >= 15 is 0 Å². The molecule has 0 unspecified atom stereocenters. The van der Waals surface area contributed by atoms with Gasteiger partial charge in [-0.3, -0.25) is 18.1 Å². The van der Waals surface area contributed by atoms with E-state index in [2.05, 4.69) is 4.98 Å². The molecule has 2 aromatic rings. The zero-order valence-electron chi connectivity index (χ0n) is 16.4. The molecule has 2 aliphatic heterocycles. The first-order valence-corrected chi connectivity index (χ1v) is 11.0. The van der Waals surface area contributed by atoms with Crippen LogP contribution in [0.4, 0.5) is 14.6 Å². The summed E-state index contributed by atoms with van der Waals surface area (Å²) in [4.78, 5) is 15.5. The van der Waals surface area contributed by atoms with Gasteiger partial charge in [-0.05, 0) is 23.8 Å². The lowest BCUT2D eigenvalue weighted by Crippen LogP contribution is -2.36. The molecule has 4 N–H and O–H groups in total. The lowest BCUT2D eigenvalue weighted by Gasteiger charge is -2.29. The maximum Gasteiger partial charge on any atom is 0.475 e. The minimum atomic E-state index is -4.19. The Morgan fingerprint density at radius 1 is 1.25 bits per heavy atom. The number of phosphoric acid groups is 1. The first-order chi connectivity index (χ1) is 15.1. The minimum absolute atomic E-state index is 0.0309. The van der Waals surface area contributed by atoms with Gasteiger partial charge in [0.25, 0.3) is 0 Å². The number of hydrogen-bond acceptors (Lipinski definition) is 10. The van der Waals surface area contributed by atoms with Crippen LogP contribution in [0, 0.1) is 11.6 Å². The molecule has 0 spiro atoms. The first kappa shape index (κ1) is 22.9. The Labute approximate surface area is 179 Å². The van der Waals surface area contributed by atoms with E-state index in [0.717, 1.165) is 16.7 Å². The van der Waals surface area contributed by atoms with Crippen LogP contribution in [0.5, 0.6) is 0 Å². The number of nitrogen functional groups attached to an aromatic ring is 1. The number of phosphoric ester groups is 1. The number of hydrogen-bond donors (Lipinski definition) is 3. The molecule has 11 nitrogen and oxygen atoms in total. The van der Waals surface area contributed by atoms with E-state index in [1.165, 1.54) is 12.3 Å². The quantitative estimate of drug-likeness (QED) is 0.534. The lowest BCUT2D eigenvalue weighted by molar-refractivity contribution is -0.0609. The van der Waals surface area contributed by atoms with Crippen LogP contribution in [0.3, 0.4) is 0 Å². The van der Waals surface area contributed by atoms with Crippen molar-refractivity contribution in [3.63, 3.8) is 0 Å². The monoisotopic (exact) mass is 475 g/mol. The normalized spacial score (nSPS) is 32.8. The van der Waals surface area contributed by atoms with Gasteiger partial charge >= 0.3 is 13.5 Å². The topological polar surface area (TPSA) is 155 Å². The largest absolute Gasteiger partial charge is 0.475 e. The van der Waals surface area contributed by atoms with Crippen molar-refractivity contribution >= 4 is 13.6 Å². The summed E-state index contributed by atoms with van der Waals surface area (Å²) in [7, 11) is -4.19. The number of rotatable bonds is 5. The number of nitrogens with two attached hydrogens (primary N) is 1. The summed E-state index contributed by atoms with van der Waals surface area (Å²) in [6, 6.07) is 4.10. The van der Waals surface area contributed by atoms with Gasteiger partial charge in [0.05, 0.1) is 19.3 Å². The summed E-state index contributed by atoms with van der Waals surface area (Å²) >= 11 is 0. The van der Waals surface area contributed by atoms with Crippen LogP contribution in [0.25, 0.3) is 0 Å². The van der Waals surface area contributed by atoms with Crippen molar-refractivity contribution in [2.75, 3.05) is 18.9 Å². The molecule has 1 aromatic heterocycles. The molecule has 0 amide bonds. The summed E-state index contributed by atoms with van der Waals surface area (Å²) in [5, 5.41) is 20.5. The Hall–Kier alpha value is -2.25. The first-order valence-electron chi connectivity index (χ1n) is 9.55. The molecule has 2 aliphatic rings. The van der Waals surface area contributed by atoms with Gasteiger partial charge in [0.15, 0.2) is 6.23 Å². The summed E-state index contributed by atoms with van der Waals surface area (Å²) in [5.74, 6) is -1.67. The molecule has 2 fully saturated rings. The summed E-state index contributed by atoms with van der Waals surface area (Å²) in [6.45, 7) is -0.612. The number of benzene rings is 1. The highest BCUT2D eigenvalue weighted by atomic mass is 31.2. The van der Waals surface area contributed by atoms with Crippen LogP contribution in [-0.4, -0.2) is 51.3 Å². The molecule has 0 aliphatic carbocycles. The van der Waals surface area contributed by atoms with E-state index in [-0.39, 0.29) is 24.4 Å². The van der Waals surface area contributed by atoms with Gasteiger partial charge in [-0.25, -0.2) is 18.1 Å². The molecule has 0 saturated carbocycles. The molecule has 0 radical (unpaired) electrons. The van der Waals surface area contributed by atoms with Crippen LogP contribution in [0.15, 0.2) is 35.3 Å². The number of anilines is 1. The van der Waals surface area contributed by atoms with E-state index in [4.69, 9.17) is 24.0 Å². The van der Waals surface area contributed by atoms with Gasteiger partial charge in [0.2, 0.25) is 0 Å².